The lowest BCUT2D eigenvalue weighted by molar-refractivity contribution is 1.21. The normalized spacial score (nSPS) is 10.5. The maximum atomic E-state index is 5.38. The molecule has 0 fully saturated rings. The Morgan fingerprint density at radius 1 is 1.43 bits per heavy atom. The third kappa shape index (κ3) is 1.47. The van der Waals surface area contributed by atoms with Gasteiger partial charge >= 0.3 is 0 Å². The third-order valence-corrected chi connectivity index (χ3v) is 2.78. The zero-order chi connectivity index (χ0) is 10.1. The fourth-order valence-electron chi connectivity index (χ4n) is 1.40. The van der Waals surface area contributed by atoms with Crippen molar-refractivity contribution in [3.05, 3.63) is 34.4 Å². The summed E-state index contributed by atoms with van der Waals surface area (Å²) in [6.07, 6.45) is 0. The van der Waals surface area contributed by atoms with E-state index in [0.29, 0.717) is 0 Å². The van der Waals surface area contributed by atoms with Gasteiger partial charge in [0.25, 0.3) is 0 Å². The molecule has 0 unspecified atom stereocenters. The molecule has 0 aliphatic heterocycles. The molecule has 0 saturated heterocycles. The second-order valence-electron chi connectivity index (χ2n) is 3.08. The maximum absolute atomic E-state index is 5.38. The second-order valence-corrected chi connectivity index (χ2v) is 3.93. The molecule has 2 rings (SSSR count). The van der Waals surface area contributed by atoms with Gasteiger partial charge < -0.3 is 5.43 Å². The number of aromatic nitrogens is 1. The van der Waals surface area contributed by atoms with Crippen molar-refractivity contribution in [2.45, 2.75) is 6.92 Å². The molecule has 3 nitrogen and oxygen atoms in total. The largest absolute Gasteiger partial charge is 0.322 e. The van der Waals surface area contributed by atoms with Crippen LogP contribution in [0.3, 0.4) is 0 Å². The van der Waals surface area contributed by atoms with Crippen molar-refractivity contribution < 1.29 is 0 Å². The van der Waals surface area contributed by atoms with E-state index in [1.54, 1.807) is 0 Å². The average Bonchev–Trinajstić information content (AvgIpc) is 2.19. The molecule has 0 bridgehead atoms. The number of pyridine rings is 1. The minimum absolute atomic E-state index is 0.857. The van der Waals surface area contributed by atoms with Gasteiger partial charge in [0.15, 0.2) is 0 Å². The van der Waals surface area contributed by atoms with Crippen LogP contribution in [-0.2, 0) is 0 Å². The molecular formula is C10H10BrN3. The number of fused-ring (bicyclic) bond motifs is 1. The molecule has 2 aromatic rings. The Hall–Kier alpha value is -1.13. The van der Waals surface area contributed by atoms with Crippen molar-refractivity contribution in [3.8, 4) is 0 Å². The Morgan fingerprint density at radius 3 is 2.93 bits per heavy atom. The molecule has 1 aromatic heterocycles. The first kappa shape index (κ1) is 9.43. The van der Waals surface area contributed by atoms with Gasteiger partial charge in [-0.15, -0.1) is 0 Å². The van der Waals surface area contributed by atoms with Crippen LogP contribution in [0.1, 0.15) is 5.69 Å². The van der Waals surface area contributed by atoms with Gasteiger partial charge in [-0.3, -0.25) is 5.84 Å². The quantitative estimate of drug-likeness (QED) is 0.605. The monoisotopic (exact) mass is 251 g/mol. The highest BCUT2D eigenvalue weighted by molar-refractivity contribution is 9.10. The Labute approximate surface area is 90.4 Å². The highest BCUT2D eigenvalue weighted by Crippen LogP contribution is 2.25. The first-order valence-corrected chi connectivity index (χ1v) is 5.04. The van der Waals surface area contributed by atoms with E-state index in [0.717, 1.165) is 26.8 Å². The highest BCUT2D eigenvalue weighted by Gasteiger charge is 2.03. The van der Waals surface area contributed by atoms with Gasteiger partial charge in [0, 0.05) is 9.86 Å². The van der Waals surface area contributed by atoms with E-state index < -0.39 is 0 Å². The molecule has 3 N–H and O–H groups in total. The van der Waals surface area contributed by atoms with Crippen LogP contribution < -0.4 is 11.3 Å². The number of hydrogen-bond donors (Lipinski definition) is 2. The summed E-state index contributed by atoms with van der Waals surface area (Å²) >= 11 is 3.46. The second kappa shape index (κ2) is 3.55. The van der Waals surface area contributed by atoms with Gasteiger partial charge in [0.05, 0.1) is 16.9 Å². The van der Waals surface area contributed by atoms with E-state index in [1.165, 1.54) is 0 Å². The summed E-state index contributed by atoms with van der Waals surface area (Å²) < 4.78 is 1.00. The summed E-state index contributed by atoms with van der Waals surface area (Å²) in [4.78, 5) is 4.46. The SMILES string of the molecule is Cc1nc2c(Br)cccc2cc1NN. The van der Waals surface area contributed by atoms with Crippen LogP contribution in [-0.4, -0.2) is 4.98 Å². The molecule has 1 heterocycles. The van der Waals surface area contributed by atoms with E-state index >= 15 is 0 Å². The Balaban J connectivity index is 2.79. The van der Waals surface area contributed by atoms with Crippen molar-refractivity contribution in [2.75, 3.05) is 5.43 Å². The topological polar surface area (TPSA) is 50.9 Å². The van der Waals surface area contributed by atoms with E-state index in [9.17, 15) is 0 Å². The third-order valence-electron chi connectivity index (χ3n) is 2.14. The number of halogens is 1. The van der Waals surface area contributed by atoms with Gasteiger partial charge in [-0.05, 0) is 35.0 Å². The lowest BCUT2D eigenvalue weighted by atomic mass is 10.2. The van der Waals surface area contributed by atoms with Crippen molar-refractivity contribution in [1.29, 1.82) is 0 Å². The molecular weight excluding hydrogens is 242 g/mol. The lowest BCUT2D eigenvalue weighted by Crippen LogP contribution is -2.08. The molecule has 0 spiro atoms. The smallest absolute Gasteiger partial charge is 0.0848 e. The molecule has 0 radical (unpaired) electrons. The van der Waals surface area contributed by atoms with E-state index in [4.69, 9.17) is 5.84 Å². The Kier molecular flexibility index (Phi) is 2.39. The van der Waals surface area contributed by atoms with Crippen LogP contribution in [0.2, 0.25) is 0 Å². The van der Waals surface area contributed by atoms with Crippen molar-refractivity contribution in [2.24, 2.45) is 5.84 Å². The molecule has 0 atom stereocenters. The molecule has 0 saturated carbocycles. The van der Waals surface area contributed by atoms with Gasteiger partial charge in [0.2, 0.25) is 0 Å². The predicted octanol–water partition coefficient (Wildman–Crippen LogP) is 2.59. The summed E-state index contributed by atoms with van der Waals surface area (Å²) in [5.74, 6) is 5.38. The minimum atomic E-state index is 0.857. The standard InChI is InChI=1S/C10H10BrN3/c1-6-9(14-12)5-7-3-2-4-8(11)10(7)13-6/h2-5,14H,12H2,1H3. The Morgan fingerprint density at radius 2 is 2.21 bits per heavy atom. The molecule has 72 valence electrons. The highest BCUT2D eigenvalue weighted by atomic mass is 79.9. The van der Waals surface area contributed by atoms with E-state index in [-0.39, 0.29) is 0 Å². The van der Waals surface area contributed by atoms with Crippen molar-refractivity contribution >= 4 is 32.5 Å². The van der Waals surface area contributed by atoms with Crippen LogP contribution in [0.15, 0.2) is 28.7 Å². The van der Waals surface area contributed by atoms with Gasteiger partial charge in [0.1, 0.15) is 0 Å². The molecule has 0 aliphatic rings. The number of hydrogen-bond acceptors (Lipinski definition) is 3. The zero-order valence-electron chi connectivity index (χ0n) is 7.71. The number of para-hydroxylation sites is 1. The first-order chi connectivity index (χ1) is 6.72. The van der Waals surface area contributed by atoms with Crippen LogP contribution >= 0.6 is 15.9 Å². The zero-order valence-corrected chi connectivity index (χ0v) is 9.30. The molecule has 4 heteroatoms. The van der Waals surface area contributed by atoms with Gasteiger partial charge in [-0.1, -0.05) is 12.1 Å². The fraction of sp³-hybridized carbons (Fsp3) is 0.100. The van der Waals surface area contributed by atoms with Crippen LogP contribution in [0, 0.1) is 6.92 Å². The summed E-state index contributed by atoms with van der Waals surface area (Å²) in [5.41, 5.74) is 5.34. The van der Waals surface area contributed by atoms with Crippen LogP contribution in [0.5, 0.6) is 0 Å². The van der Waals surface area contributed by atoms with Gasteiger partial charge in [-0.25, -0.2) is 4.98 Å². The number of aryl methyl sites for hydroxylation is 1. The number of rotatable bonds is 1. The van der Waals surface area contributed by atoms with E-state index in [1.807, 2.05) is 31.2 Å². The van der Waals surface area contributed by atoms with Crippen LogP contribution in [0.4, 0.5) is 5.69 Å². The average molecular weight is 252 g/mol. The molecule has 14 heavy (non-hydrogen) atoms. The summed E-state index contributed by atoms with van der Waals surface area (Å²) in [6.45, 7) is 1.92. The van der Waals surface area contributed by atoms with Crippen molar-refractivity contribution in [3.63, 3.8) is 0 Å². The summed E-state index contributed by atoms with van der Waals surface area (Å²) in [7, 11) is 0. The molecule has 0 amide bonds. The number of nitrogen functional groups attached to an aromatic ring is 1. The molecule has 1 aromatic carbocycles. The minimum Gasteiger partial charge on any atom is -0.322 e. The maximum Gasteiger partial charge on any atom is 0.0848 e. The predicted molar refractivity (Wildman–Crippen MR) is 62.0 cm³/mol. The number of nitrogens with one attached hydrogen (secondary N) is 1. The van der Waals surface area contributed by atoms with Crippen molar-refractivity contribution in [1.82, 2.24) is 4.98 Å². The number of hydrazine groups is 1. The number of anilines is 1. The van der Waals surface area contributed by atoms with E-state index in [2.05, 4.69) is 26.3 Å². The molecule has 0 aliphatic carbocycles. The number of nitrogens with zero attached hydrogens (tertiary/aromatic N) is 1. The summed E-state index contributed by atoms with van der Waals surface area (Å²) in [5, 5.41) is 1.07. The number of benzene rings is 1. The number of nitrogens with two attached hydrogens (primary N) is 1. The first-order valence-electron chi connectivity index (χ1n) is 4.25. The lowest BCUT2D eigenvalue weighted by Gasteiger charge is -2.07. The van der Waals surface area contributed by atoms with Gasteiger partial charge in [-0.2, -0.15) is 0 Å². The van der Waals surface area contributed by atoms with Crippen LogP contribution in [0.25, 0.3) is 10.9 Å². The fourth-order valence-corrected chi connectivity index (χ4v) is 1.87. The summed E-state index contributed by atoms with van der Waals surface area (Å²) in [6, 6.07) is 7.95. The Bertz CT molecular complexity index is 482.